The highest BCUT2D eigenvalue weighted by Gasteiger charge is 2.28. The van der Waals surface area contributed by atoms with Crippen molar-refractivity contribution in [3.8, 4) is 0 Å². The zero-order valence-corrected chi connectivity index (χ0v) is 10.2. The average Bonchev–Trinajstić information content (AvgIpc) is 2.17. The van der Waals surface area contributed by atoms with E-state index in [0.29, 0.717) is 12.5 Å². The van der Waals surface area contributed by atoms with Crippen LogP contribution in [-0.2, 0) is 9.53 Å². The molecule has 1 rings (SSSR count). The largest absolute Gasteiger partial charge is 0.378 e. The number of amides is 1. The molecule has 0 aliphatic carbocycles. The molecule has 0 saturated carbocycles. The van der Waals surface area contributed by atoms with Crippen molar-refractivity contribution in [2.75, 3.05) is 26.7 Å². The van der Waals surface area contributed by atoms with Crippen molar-refractivity contribution in [1.29, 1.82) is 0 Å². The molecular weight excluding hydrogens is 192 g/mol. The standard InChI is InChI=1S/C11H22N2O2/c1-9-8-12-5-6-13(9)10(14)7-11(2,3)15-4/h9,12H,5-8H2,1-4H3/t9-/m0/s1. The zero-order chi connectivity index (χ0) is 11.5. The van der Waals surface area contributed by atoms with E-state index in [1.807, 2.05) is 18.7 Å². The van der Waals surface area contributed by atoms with Crippen LogP contribution in [0, 0.1) is 0 Å². The van der Waals surface area contributed by atoms with E-state index in [4.69, 9.17) is 4.74 Å². The van der Waals surface area contributed by atoms with Gasteiger partial charge in [0.05, 0.1) is 12.0 Å². The monoisotopic (exact) mass is 214 g/mol. The van der Waals surface area contributed by atoms with E-state index in [1.165, 1.54) is 0 Å². The summed E-state index contributed by atoms with van der Waals surface area (Å²) in [6.07, 6.45) is 0.452. The van der Waals surface area contributed by atoms with Crippen LogP contribution >= 0.6 is 0 Å². The molecule has 1 saturated heterocycles. The number of piperazine rings is 1. The molecule has 15 heavy (non-hydrogen) atoms. The minimum absolute atomic E-state index is 0.191. The van der Waals surface area contributed by atoms with Crippen LogP contribution in [0.25, 0.3) is 0 Å². The van der Waals surface area contributed by atoms with Gasteiger partial charge in [0.1, 0.15) is 0 Å². The van der Waals surface area contributed by atoms with Crippen molar-refractivity contribution in [3.05, 3.63) is 0 Å². The van der Waals surface area contributed by atoms with E-state index in [-0.39, 0.29) is 11.5 Å². The first-order valence-electron chi connectivity index (χ1n) is 5.51. The molecule has 1 heterocycles. The van der Waals surface area contributed by atoms with Crippen molar-refractivity contribution >= 4 is 5.91 Å². The second-order valence-corrected chi connectivity index (χ2v) is 4.78. The summed E-state index contributed by atoms with van der Waals surface area (Å²) in [6, 6.07) is 0.291. The molecule has 1 N–H and O–H groups in total. The van der Waals surface area contributed by atoms with Crippen LogP contribution in [0.5, 0.6) is 0 Å². The third kappa shape index (κ3) is 3.47. The maximum atomic E-state index is 12.0. The van der Waals surface area contributed by atoms with Gasteiger partial charge >= 0.3 is 0 Å². The Kier molecular flexibility index (Phi) is 4.11. The summed E-state index contributed by atoms with van der Waals surface area (Å²) < 4.78 is 5.27. The van der Waals surface area contributed by atoms with Gasteiger partial charge in [-0.25, -0.2) is 0 Å². The summed E-state index contributed by atoms with van der Waals surface area (Å²) >= 11 is 0. The number of nitrogens with one attached hydrogen (secondary N) is 1. The quantitative estimate of drug-likeness (QED) is 0.749. The molecule has 1 fully saturated rings. The van der Waals surface area contributed by atoms with Crippen molar-refractivity contribution in [1.82, 2.24) is 10.2 Å². The van der Waals surface area contributed by atoms with Gasteiger partial charge in [0.2, 0.25) is 5.91 Å². The average molecular weight is 214 g/mol. The van der Waals surface area contributed by atoms with Crippen LogP contribution in [0.1, 0.15) is 27.2 Å². The first-order chi connectivity index (χ1) is 6.96. The summed E-state index contributed by atoms with van der Waals surface area (Å²) in [5.74, 6) is 0.191. The van der Waals surface area contributed by atoms with Crippen LogP contribution in [0.3, 0.4) is 0 Å². The first-order valence-corrected chi connectivity index (χ1v) is 5.51. The van der Waals surface area contributed by atoms with Gasteiger partial charge in [-0.05, 0) is 20.8 Å². The molecule has 1 atom stereocenters. The molecule has 0 spiro atoms. The lowest BCUT2D eigenvalue weighted by molar-refractivity contribution is -0.139. The minimum Gasteiger partial charge on any atom is -0.378 e. The lowest BCUT2D eigenvalue weighted by atomic mass is 10.0. The number of carbonyl (C=O) groups is 1. The Morgan fingerprint density at radius 1 is 1.60 bits per heavy atom. The Bertz CT molecular complexity index is 229. The smallest absolute Gasteiger partial charge is 0.225 e. The van der Waals surface area contributed by atoms with Crippen molar-refractivity contribution in [2.24, 2.45) is 0 Å². The normalized spacial score (nSPS) is 22.9. The highest BCUT2D eigenvalue weighted by Crippen LogP contribution is 2.16. The summed E-state index contributed by atoms with van der Waals surface area (Å²) in [6.45, 7) is 8.54. The van der Waals surface area contributed by atoms with Gasteiger partial charge in [0.15, 0.2) is 0 Å². The van der Waals surface area contributed by atoms with E-state index >= 15 is 0 Å². The topological polar surface area (TPSA) is 41.6 Å². The van der Waals surface area contributed by atoms with Gasteiger partial charge in [-0.3, -0.25) is 4.79 Å². The Balaban J connectivity index is 2.52. The number of carbonyl (C=O) groups excluding carboxylic acids is 1. The van der Waals surface area contributed by atoms with Gasteiger partial charge in [-0.15, -0.1) is 0 Å². The van der Waals surface area contributed by atoms with Crippen molar-refractivity contribution in [3.63, 3.8) is 0 Å². The fourth-order valence-corrected chi connectivity index (χ4v) is 1.75. The van der Waals surface area contributed by atoms with E-state index in [1.54, 1.807) is 7.11 Å². The maximum Gasteiger partial charge on any atom is 0.225 e. The molecule has 0 aromatic rings. The van der Waals surface area contributed by atoms with Crippen LogP contribution in [0.4, 0.5) is 0 Å². The molecule has 0 bridgehead atoms. The van der Waals surface area contributed by atoms with E-state index in [0.717, 1.165) is 19.6 Å². The molecule has 0 aromatic carbocycles. The van der Waals surface area contributed by atoms with Crippen molar-refractivity contribution < 1.29 is 9.53 Å². The molecule has 0 unspecified atom stereocenters. The Hall–Kier alpha value is -0.610. The van der Waals surface area contributed by atoms with Crippen LogP contribution in [0.15, 0.2) is 0 Å². The molecule has 88 valence electrons. The number of rotatable bonds is 3. The summed E-state index contributed by atoms with van der Waals surface area (Å²) in [5, 5.41) is 3.27. The third-order valence-electron chi connectivity index (χ3n) is 2.95. The molecule has 1 aliphatic rings. The highest BCUT2D eigenvalue weighted by molar-refractivity contribution is 5.77. The second-order valence-electron chi connectivity index (χ2n) is 4.78. The lowest BCUT2D eigenvalue weighted by Gasteiger charge is -2.36. The maximum absolute atomic E-state index is 12.0. The summed E-state index contributed by atoms with van der Waals surface area (Å²) in [7, 11) is 1.65. The predicted molar refractivity (Wildman–Crippen MR) is 59.7 cm³/mol. The Labute approximate surface area is 92.0 Å². The molecule has 0 radical (unpaired) electrons. The first kappa shape index (κ1) is 12.5. The number of hydrogen-bond donors (Lipinski definition) is 1. The number of methoxy groups -OCH3 is 1. The van der Waals surface area contributed by atoms with E-state index in [9.17, 15) is 4.79 Å². The minimum atomic E-state index is -0.359. The predicted octanol–water partition coefficient (Wildman–Crippen LogP) is 0.622. The number of nitrogens with zero attached hydrogens (tertiary/aromatic N) is 1. The van der Waals surface area contributed by atoms with Crippen molar-refractivity contribution in [2.45, 2.75) is 38.8 Å². The second kappa shape index (κ2) is 4.94. The molecule has 1 amide bonds. The zero-order valence-electron chi connectivity index (χ0n) is 10.2. The van der Waals surface area contributed by atoms with Gasteiger partial charge in [-0.1, -0.05) is 0 Å². The lowest BCUT2D eigenvalue weighted by Crippen LogP contribution is -2.53. The van der Waals surface area contributed by atoms with Gasteiger partial charge in [0.25, 0.3) is 0 Å². The Morgan fingerprint density at radius 2 is 2.27 bits per heavy atom. The number of hydrogen-bond acceptors (Lipinski definition) is 3. The molecule has 0 aromatic heterocycles. The van der Waals surface area contributed by atoms with Gasteiger partial charge in [0, 0.05) is 32.8 Å². The van der Waals surface area contributed by atoms with E-state index in [2.05, 4.69) is 12.2 Å². The fraction of sp³-hybridized carbons (Fsp3) is 0.909. The highest BCUT2D eigenvalue weighted by atomic mass is 16.5. The number of ether oxygens (including phenoxy) is 1. The summed E-state index contributed by atoms with van der Waals surface area (Å²) in [4.78, 5) is 13.9. The third-order valence-corrected chi connectivity index (χ3v) is 2.95. The van der Waals surface area contributed by atoms with Crippen LogP contribution in [0.2, 0.25) is 0 Å². The van der Waals surface area contributed by atoms with Gasteiger partial charge < -0.3 is 15.0 Å². The van der Waals surface area contributed by atoms with Gasteiger partial charge in [-0.2, -0.15) is 0 Å². The van der Waals surface area contributed by atoms with E-state index < -0.39 is 0 Å². The Morgan fingerprint density at radius 3 is 2.80 bits per heavy atom. The molecular formula is C11H22N2O2. The summed E-state index contributed by atoms with van der Waals surface area (Å²) in [5.41, 5.74) is -0.359. The molecule has 4 heteroatoms. The SMILES string of the molecule is COC(C)(C)CC(=O)N1CCNC[C@@H]1C. The molecule has 4 nitrogen and oxygen atoms in total. The fourth-order valence-electron chi connectivity index (χ4n) is 1.75. The molecule has 1 aliphatic heterocycles. The van der Waals surface area contributed by atoms with Crippen LogP contribution in [-0.4, -0.2) is 49.2 Å². The van der Waals surface area contributed by atoms with Crippen LogP contribution < -0.4 is 5.32 Å².